The van der Waals surface area contributed by atoms with Crippen molar-refractivity contribution in [2.75, 3.05) is 5.73 Å². The second-order valence-electron chi connectivity index (χ2n) is 4.11. The number of nitrogen functional groups attached to an aromatic ring is 1. The third-order valence-electron chi connectivity index (χ3n) is 2.32. The third kappa shape index (κ3) is 2.05. The van der Waals surface area contributed by atoms with Crippen molar-refractivity contribution in [2.24, 2.45) is 0 Å². The fraction of sp³-hybridized carbons (Fsp3) is 0.333. The molecular weight excluding hydrogens is 202 g/mol. The molecule has 2 aromatic rings. The van der Waals surface area contributed by atoms with E-state index >= 15 is 0 Å². The van der Waals surface area contributed by atoms with Crippen LogP contribution in [0.3, 0.4) is 0 Å². The van der Waals surface area contributed by atoms with Crippen molar-refractivity contribution in [3.8, 4) is 11.6 Å². The van der Waals surface area contributed by atoms with Gasteiger partial charge in [-0.3, -0.25) is 0 Å². The van der Waals surface area contributed by atoms with E-state index < -0.39 is 0 Å². The summed E-state index contributed by atoms with van der Waals surface area (Å²) in [5, 5.41) is 0. The zero-order valence-corrected chi connectivity index (χ0v) is 9.69. The standard InChI is InChI=1S/C12H15N3O/c1-7(2)9-6-11(13)15-12(14-9)10-5-4-8(3)16-10/h4-7H,1-3H3,(H2,13,14,15). The maximum Gasteiger partial charge on any atom is 0.197 e. The summed E-state index contributed by atoms with van der Waals surface area (Å²) in [6.07, 6.45) is 0. The van der Waals surface area contributed by atoms with Gasteiger partial charge in [0.05, 0.1) is 0 Å². The second kappa shape index (κ2) is 3.96. The van der Waals surface area contributed by atoms with E-state index in [1.165, 1.54) is 0 Å². The molecule has 4 nitrogen and oxygen atoms in total. The molecule has 2 rings (SSSR count). The third-order valence-corrected chi connectivity index (χ3v) is 2.32. The molecule has 0 saturated carbocycles. The van der Waals surface area contributed by atoms with Crippen LogP contribution in [0.25, 0.3) is 11.6 Å². The smallest absolute Gasteiger partial charge is 0.197 e. The molecule has 0 fully saturated rings. The zero-order valence-electron chi connectivity index (χ0n) is 9.69. The van der Waals surface area contributed by atoms with Gasteiger partial charge in [-0.05, 0) is 25.0 Å². The van der Waals surface area contributed by atoms with Crippen LogP contribution in [0, 0.1) is 6.92 Å². The molecule has 0 spiro atoms. The fourth-order valence-electron chi connectivity index (χ4n) is 1.45. The van der Waals surface area contributed by atoms with Gasteiger partial charge in [0.1, 0.15) is 11.6 Å². The minimum absolute atomic E-state index is 0.320. The topological polar surface area (TPSA) is 64.9 Å². The fourth-order valence-corrected chi connectivity index (χ4v) is 1.45. The maximum atomic E-state index is 5.75. The van der Waals surface area contributed by atoms with Gasteiger partial charge < -0.3 is 10.2 Å². The Morgan fingerprint density at radius 3 is 2.56 bits per heavy atom. The van der Waals surface area contributed by atoms with Gasteiger partial charge in [-0.15, -0.1) is 0 Å². The maximum absolute atomic E-state index is 5.75. The van der Waals surface area contributed by atoms with Gasteiger partial charge in [0.25, 0.3) is 0 Å². The van der Waals surface area contributed by atoms with Gasteiger partial charge in [-0.2, -0.15) is 0 Å². The minimum atomic E-state index is 0.320. The van der Waals surface area contributed by atoms with E-state index in [2.05, 4.69) is 23.8 Å². The summed E-state index contributed by atoms with van der Waals surface area (Å²) in [6, 6.07) is 5.54. The first kappa shape index (κ1) is 10.7. The molecule has 0 radical (unpaired) electrons. The summed E-state index contributed by atoms with van der Waals surface area (Å²) < 4.78 is 5.48. The lowest BCUT2D eigenvalue weighted by Gasteiger charge is -2.06. The molecule has 0 aliphatic heterocycles. The van der Waals surface area contributed by atoms with Crippen LogP contribution in [-0.4, -0.2) is 9.97 Å². The predicted molar refractivity (Wildman–Crippen MR) is 63.0 cm³/mol. The van der Waals surface area contributed by atoms with Crippen molar-refractivity contribution in [1.29, 1.82) is 0 Å². The Bertz CT molecular complexity index is 503. The average Bonchev–Trinajstić information content (AvgIpc) is 2.64. The van der Waals surface area contributed by atoms with Crippen molar-refractivity contribution in [2.45, 2.75) is 26.7 Å². The normalized spacial score (nSPS) is 11.0. The summed E-state index contributed by atoms with van der Waals surface area (Å²) in [7, 11) is 0. The highest BCUT2D eigenvalue weighted by Gasteiger charge is 2.10. The lowest BCUT2D eigenvalue weighted by atomic mass is 10.1. The Balaban J connectivity index is 2.49. The van der Waals surface area contributed by atoms with Crippen LogP contribution < -0.4 is 5.73 Å². The average molecular weight is 217 g/mol. The molecule has 2 heterocycles. The zero-order chi connectivity index (χ0) is 11.7. The minimum Gasteiger partial charge on any atom is -0.458 e. The van der Waals surface area contributed by atoms with Crippen LogP contribution in [0.4, 0.5) is 5.82 Å². The van der Waals surface area contributed by atoms with Crippen molar-refractivity contribution < 1.29 is 4.42 Å². The highest BCUT2D eigenvalue weighted by molar-refractivity contribution is 5.50. The number of anilines is 1. The van der Waals surface area contributed by atoms with Gasteiger partial charge in [0.2, 0.25) is 0 Å². The van der Waals surface area contributed by atoms with E-state index in [1.54, 1.807) is 6.07 Å². The highest BCUT2D eigenvalue weighted by atomic mass is 16.3. The molecule has 16 heavy (non-hydrogen) atoms. The number of nitrogens with zero attached hydrogens (tertiary/aromatic N) is 2. The van der Waals surface area contributed by atoms with Gasteiger partial charge in [0, 0.05) is 11.8 Å². The molecule has 0 saturated heterocycles. The Morgan fingerprint density at radius 1 is 1.25 bits per heavy atom. The van der Waals surface area contributed by atoms with Crippen LogP contribution in [-0.2, 0) is 0 Å². The molecule has 0 aliphatic carbocycles. The number of hydrogen-bond donors (Lipinski definition) is 1. The molecule has 2 aromatic heterocycles. The SMILES string of the molecule is Cc1ccc(-c2nc(N)cc(C(C)C)n2)o1. The van der Waals surface area contributed by atoms with Crippen LogP contribution in [0.1, 0.15) is 31.2 Å². The van der Waals surface area contributed by atoms with E-state index in [0.717, 1.165) is 11.5 Å². The molecule has 0 bridgehead atoms. The quantitative estimate of drug-likeness (QED) is 0.840. The van der Waals surface area contributed by atoms with Crippen LogP contribution in [0.5, 0.6) is 0 Å². The molecule has 0 unspecified atom stereocenters. The molecule has 4 heteroatoms. The van der Waals surface area contributed by atoms with E-state index in [1.807, 2.05) is 19.1 Å². The van der Waals surface area contributed by atoms with Gasteiger partial charge in [0.15, 0.2) is 11.6 Å². The summed E-state index contributed by atoms with van der Waals surface area (Å²) >= 11 is 0. The summed E-state index contributed by atoms with van der Waals surface area (Å²) in [5.41, 5.74) is 6.68. The molecule has 84 valence electrons. The molecule has 0 atom stereocenters. The number of rotatable bonds is 2. The molecule has 0 aromatic carbocycles. The van der Waals surface area contributed by atoms with Crippen molar-refractivity contribution in [1.82, 2.24) is 9.97 Å². The molecule has 0 aliphatic rings. The number of furan rings is 1. The predicted octanol–water partition coefficient (Wildman–Crippen LogP) is 2.75. The first-order valence-corrected chi connectivity index (χ1v) is 5.27. The van der Waals surface area contributed by atoms with Crippen molar-refractivity contribution in [3.05, 3.63) is 29.7 Å². The summed E-state index contributed by atoms with van der Waals surface area (Å²) in [5.74, 6) is 2.85. The summed E-state index contributed by atoms with van der Waals surface area (Å²) in [6.45, 7) is 6.02. The largest absolute Gasteiger partial charge is 0.458 e. The van der Waals surface area contributed by atoms with Crippen molar-refractivity contribution in [3.63, 3.8) is 0 Å². The Labute approximate surface area is 94.5 Å². The van der Waals surface area contributed by atoms with Crippen LogP contribution in [0.15, 0.2) is 22.6 Å². The number of aromatic nitrogens is 2. The van der Waals surface area contributed by atoms with E-state index in [9.17, 15) is 0 Å². The molecule has 2 N–H and O–H groups in total. The number of hydrogen-bond acceptors (Lipinski definition) is 4. The Kier molecular flexibility index (Phi) is 2.64. The van der Waals surface area contributed by atoms with E-state index in [4.69, 9.17) is 10.2 Å². The second-order valence-corrected chi connectivity index (χ2v) is 4.11. The molecule has 0 amide bonds. The molecular formula is C12H15N3O. The van der Waals surface area contributed by atoms with E-state index in [0.29, 0.717) is 23.3 Å². The first-order chi connectivity index (χ1) is 7.56. The number of nitrogens with two attached hydrogens (primary N) is 1. The lowest BCUT2D eigenvalue weighted by Crippen LogP contribution is -2.01. The van der Waals surface area contributed by atoms with Gasteiger partial charge >= 0.3 is 0 Å². The van der Waals surface area contributed by atoms with E-state index in [-0.39, 0.29) is 0 Å². The lowest BCUT2D eigenvalue weighted by molar-refractivity contribution is 0.543. The number of aryl methyl sites for hydroxylation is 1. The Morgan fingerprint density at radius 2 is 2.00 bits per heavy atom. The summed E-state index contributed by atoms with van der Waals surface area (Å²) in [4.78, 5) is 8.60. The van der Waals surface area contributed by atoms with Crippen molar-refractivity contribution >= 4 is 5.82 Å². The highest BCUT2D eigenvalue weighted by Crippen LogP contribution is 2.22. The Hall–Kier alpha value is -1.84. The first-order valence-electron chi connectivity index (χ1n) is 5.27. The van der Waals surface area contributed by atoms with Gasteiger partial charge in [-0.25, -0.2) is 9.97 Å². The monoisotopic (exact) mass is 217 g/mol. The van der Waals surface area contributed by atoms with Crippen LogP contribution in [0.2, 0.25) is 0 Å². The van der Waals surface area contributed by atoms with Gasteiger partial charge in [-0.1, -0.05) is 13.8 Å². The van der Waals surface area contributed by atoms with Crippen LogP contribution >= 0.6 is 0 Å².